The lowest BCUT2D eigenvalue weighted by molar-refractivity contribution is 0.299. The van der Waals surface area contributed by atoms with Gasteiger partial charge in [0.2, 0.25) is 0 Å². The molecule has 0 amide bonds. The fourth-order valence-corrected chi connectivity index (χ4v) is 3.48. The number of methoxy groups -OCH3 is 1. The molecule has 1 aromatic carbocycles. The van der Waals surface area contributed by atoms with E-state index in [0.717, 1.165) is 49.4 Å². The molecular formula is C21H26O2. The highest BCUT2D eigenvalue weighted by molar-refractivity contribution is 5.94. The summed E-state index contributed by atoms with van der Waals surface area (Å²) in [6.07, 6.45) is 9.11. The molecule has 2 heteroatoms. The first kappa shape index (κ1) is 15.9. The van der Waals surface area contributed by atoms with Gasteiger partial charge in [0.25, 0.3) is 0 Å². The SMILES string of the molecule is CCCC/C(=C(/OC)C1=CCCC1)c1oc(C)c2ccccc12. The van der Waals surface area contributed by atoms with Crippen LogP contribution in [0.3, 0.4) is 0 Å². The van der Waals surface area contributed by atoms with E-state index in [4.69, 9.17) is 9.15 Å². The Hall–Kier alpha value is -1.96. The zero-order chi connectivity index (χ0) is 16.2. The van der Waals surface area contributed by atoms with Gasteiger partial charge in [-0.05, 0) is 44.6 Å². The number of benzene rings is 1. The predicted octanol–water partition coefficient (Wildman–Crippen LogP) is 6.40. The van der Waals surface area contributed by atoms with Gasteiger partial charge in [0, 0.05) is 16.3 Å². The van der Waals surface area contributed by atoms with Crippen LogP contribution in [0.2, 0.25) is 0 Å². The van der Waals surface area contributed by atoms with Crippen molar-refractivity contribution >= 4 is 16.3 Å². The van der Waals surface area contributed by atoms with E-state index in [0.29, 0.717) is 0 Å². The minimum Gasteiger partial charge on any atom is -0.496 e. The molecule has 0 saturated heterocycles. The van der Waals surface area contributed by atoms with Crippen molar-refractivity contribution in [1.82, 2.24) is 0 Å². The van der Waals surface area contributed by atoms with Crippen LogP contribution in [-0.4, -0.2) is 7.11 Å². The first-order valence-electron chi connectivity index (χ1n) is 8.71. The van der Waals surface area contributed by atoms with Crippen LogP contribution in [0.4, 0.5) is 0 Å². The highest BCUT2D eigenvalue weighted by atomic mass is 16.5. The summed E-state index contributed by atoms with van der Waals surface area (Å²) in [6.45, 7) is 4.27. The number of allylic oxidation sites excluding steroid dienone is 3. The number of rotatable bonds is 6. The maximum atomic E-state index is 6.20. The Bertz CT molecular complexity index is 746. The van der Waals surface area contributed by atoms with E-state index in [1.54, 1.807) is 7.11 Å². The summed E-state index contributed by atoms with van der Waals surface area (Å²) >= 11 is 0. The molecule has 1 aliphatic carbocycles. The second kappa shape index (κ2) is 7.08. The minimum absolute atomic E-state index is 0.987. The molecule has 0 unspecified atom stereocenters. The van der Waals surface area contributed by atoms with Gasteiger partial charge in [-0.3, -0.25) is 0 Å². The molecule has 23 heavy (non-hydrogen) atoms. The highest BCUT2D eigenvalue weighted by Crippen LogP contribution is 2.38. The second-order valence-electron chi connectivity index (χ2n) is 6.27. The summed E-state index contributed by atoms with van der Waals surface area (Å²) in [5.41, 5.74) is 2.57. The molecule has 0 spiro atoms. The average Bonchev–Trinajstić information content (AvgIpc) is 3.21. The van der Waals surface area contributed by atoms with Gasteiger partial charge < -0.3 is 9.15 Å². The van der Waals surface area contributed by atoms with Crippen molar-refractivity contribution in [2.75, 3.05) is 7.11 Å². The Kier molecular flexibility index (Phi) is 4.90. The van der Waals surface area contributed by atoms with Gasteiger partial charge in [0.15, 0.2) is 0 Å². The third-order valence-corrected chi connectivity index (χ3v) is 4.67. The molecule has 0 bridgehead atoms. The normalized spacial score (nSPS) is 15.7. The molecule has 1 aliphatic rings. The van der Waals surface area contributed by atoms with E-state index < -0.39 is 0 Å². The van der Waals surface area contributed by atoms with Gasteiger partial charge >= 0.3 is 0 Å². The van der Waals surface area contributed by atoms with Crippen LogP contribution in [0, 0.1) is 6.92 Å². The van der Waals surface area contributed by atoms with E-state index in [-0.39, 0.29) is 0 Å². The van der Waals surface area contributed by atoms with Crippen molar-refractivity contribution in [2.24, 2.45) is 0 Å². The molecule has 2 nitrogen and oxygen atoms in total. The lowest BCUT2D eigenvalue weighted by atomic mass is 9.98. The summed E-state index contributed by atoms with van der Waals surface area (Å²) in [5.74, 6) is 3.02. The van der Waals surface area contributed by atoms with Crippen molar-refractivity contribution in [3.05, 3.63) is 53.2 Å². The van der Waals surface area contributed by atoms with E-state index in [1.165, 1.54) is 28.3 Å². The van der Waals surface area contributed by atoms with Gasteiger partial charge in [0.05, 0.1) is 7.11 Å². The first-order valence-corrected chi connectivity index (χ1v) is 8.71. The number of hydrogen-bond acceptors (Lipinski definition) is 2. The molecule has 3 rings (SSSR count). The molecule has 2 aromatic rings. The Morgan fingerprint density at radius 2 is 2.00 bits per heavy atom. The molecular weight excluding hydrogens is 284 g/mol. The van der Waals surface area contributed by atoms with E-state index in [1.807, 2.05) is 6.92 Å². The lowest BCUT2D eigenvalue weighted by Gasteiger charge is -2.14. The number of aryl methyl sites for hydroxylation is 1. The monoisotopic (exact) mass is 310 g/mol. The zero-order valence-electron chi connectivity index (χ0n) is 14.4. The fourth-order valence-electron chi connectivity index (χ4n) is 3.48. The smallest absolute Gasteiger partial charge is 0.141 e. The summed E-state index contributed by atoms with van der Waals surface area (Å²) in [7, 11) is 1.79. The van der Waals surface area contributed by atoms with Crippen molar-refractivity contribution in [3.8, 4) is 0 Å². The van der Waals surface area contributed by atoms with Crippen molar-refractivity contribution in [3.63, 3.8) is 0 Å². The molecule has 1 heterocycles. The van der Waals surface area contributed by atoms with Gasteiger partial charge in [-0.1, -0.05) is 43.7 Å². The molecule has 0 atom stereocenters. The lowest BCUT2D eigenvalue weighted by Crippen LogP contribution is -1.98. The van der Waals surface area contributed by atoms with Crippen LogP contribution in [0.5, 0.6) is 0 Å². The van der Waals surface area contributed by atoms with Gasteiger partial charge in [0.1, 0.15) is 17.3 Å². The van der Waals surface area contributed by atoms with Gasteiger partial charge in [-0.2, -0.15) is 0 Å². The number of hydrogen-bond donors (Lipinski definition) is 0. The van der Waals surface area contributed by atoms with Crippen LogP contribution in [0.15, 0.2) is 46.1 Å². The maximum absolute atomic E-state index is 6.20. The average molecular weight is 310 g/mol. The highest BCUT2D eigenvalue weighted by Gasteiger charge is 2.21. The Morgan fingerprint density at radius 3 is 2.65 bits per heavy atom. The molecule has 0 aliphatic heterocycles. The van der Waals surface area contributed by atoms with Gasteiger partial charge in [-0.25, -0.2) is 0 Å². The molecule has 122 valence electrons. The quantitative estimate of drug-likeness (QED) is 0.576. The van der Waals surface area contributed by atoms with Crippen LogP contribution < -0.4 is 0 Å². The Balaban J connectivity index is 2.18. The molecule has 0 radical (unpaired) electrons. The molecule has 0 fully saturated rings. The fraction of sp³-hybridized carbons (Fsp3) is 0.429. The summed E-state index contributed by atoms with van der Waals surface area (Å²) in [4.78, 5) is 0. The summed E-state index contributed by atoms with van der Waals surface area (Å²) in [5, 5.41) is 2.40. The first-order chi connectivity index (χ1) is 11.3. The van der Waals surface area contributed by atoms with Crippen LogP contribution >= 0.6 is 0 Å². The van der Waals surface area contributed by atoms with Crippen molar-refractivity contribution in [1.29, 1.82) is 0 Å². The van der Waals surface area contributed by atoms with Crippen LogP contribution in [0.25, 0.3) is 16.3 Å². The third-order valence-electron chi connectivity index (χ3n) is 4.67. The topological polar surface area (TPSA) is 22.4 Å². The van der Waals surface area contributed by atoms with Crippen molar-refractivity contribution in [2.45, 2.75) is 52.4 Å². The van der Waals surface area contributed by atoms with E-state index >= 15 is 0 Å². The standard InChI is InChI=1S/C21H26O2/c1-4-5-12-19(20(22-3)16-10-6-7-11-16)21-18-14-9-8-13-17(18)15(2)23-21/h8-10,13-14H,4-7,11-12H2,1-3H3/b20-19-. The number of furan rings is 1. The third kappa shape index (κ3) is 3.08. The predicted molar refractivity (Wildman–Crippen MR) is 96.3 cm³/mol. The van der Waals surface area contributed by atoms with Crippen LogP contribution in [-0.2, 0) is 4.74 Å². The molecule has 0 N–H and O–H groups in total. The largest absolute Gasteiger partial charge is 0.496 e. The maximum Gasteiger partial charge on any atom is 0.141 e. The molecule has 0 saturated carbocycles. The number of unbranched alkanes of at least 4 members (excludes halogenated alkanes) is 1. The summed E-state index contributed by atoms with van der Waals surface area (Å²) in [6, 6.07) is 8.44. The second-order valence-corrected chi connectivity index (χ2v) is 6.27. The van der Waals surface area contributed by atoms with E-state index in [2.05, 4.69) is 37.3 Å². The minimum atomic E-state index is 0.987. The zero-order valence-corrected chi connectivity index (χ0v) is 14.4. The molecule has 1 aromatic heterocycles. The summed E-state index contributed by atoms with van der Waals surface area (Å²) < 4.78 is 12.1. The van der Waals surface area contributed by atoms with Crippen LogP contribution in [0.1, 0.15) is 57.0 Å². The van der Waals surface area contributed by atoms with Crippen molar-refractivity contribution < 1.29 is 9.15 Å². The Morgan fingerprint density at radius 1 is 1.22 bits per heavy atom. The van der Waals surface area contributed by atoms with Gasteiger partial charge in [-0.15, -0.1) is 0 Å². The van der Waals surface area contributed by atoms with E-state index in [9.17, 15) is 0 Å². The number of fused-ring (bicyclic) bond motifs is 1. The Labute approximate surface area is 138 Å². The number of ether oxygens (including phenoxy) is 1.